The first-order chi connectivity index (χ1) is 9.15. The normalized spacial score (nSPS) is 10.1. The number of hydrogen-bond acceptors (Lipinski definition) is 5. The van der Waals surface area contributed by atoms with Crippen molar-refractivity contribution in [2.75, 3.05) is 20.0 Å². The maximum atomic E-state index is 5.82. The van der Waals surface area contributed by atoms with Gasteiger partial charge in [-0.3, -0.25) is 0 Å². The number of hydrogen-bond donors (Lipinski definition) is 1. The van der Waals surface area contributed by atoms with Crippen LogP contribution in [0, 0.1) is 0 Å². The number of aromatic nitrogens is 1. The molecule has 0 aliphatic rings. The molecule has 19 heavy (non-hydrogen) atoms. The molecule has 0 atom stereocenters. The average Bonchev–Trinajstić information content (AvgIpc) is 2.43. The zero-order chi connectivity index (χ0) is 13.8. The monoisotopic (exact) mass is 280 g/mol. The molecular weight excluding hydrogens is 268 g/mol. The highest BCUT2D eigenvalue weighted by Gasteiger charge is 2.14. The van der Waals surface area contributed by atoms with E-state index in [2.05, 4.69) is 4.98 Å². The first-order valence-corrected chi connectivity index (χ1v) is 5.84. The Labute approximate surface area is 115 Å². The predicted molar refractivity (Wildman–Crippen MR) is 73.3 cm³/mol. The fraction of sp³-hybridized carbons (Fsp3) is 0.154. The molecule has 1 aromatic heterocycles. The number of nitrogens with two attached hydrogens (primary N) is 1. The average molecular weight is 281 g/mol. The zero-order valence-corrected chi connectivity index (χ0v) is 11.3. The van der Waals surface area contributed by atoms with Gasteiger partial charge < -0.3 is 19.9 Å². The third-order valence-corrected chi connectivity index (χ3v) is 2.65. The van der Waals surface area contributed by atoms with E-state index in [4.69, 9.17) is 31.5 Å². The van der Waals surface area contributed by atoms with Gasteiger partial charge in [-0.2, -0.15) is 4.98 Å². The van der Waals surface area contributed by atoms with Crippen LogP contribution >= 0.6 is 11.6 Å². The van der Waals surface area contributed by atoms with Gasteiger partial charge in [-0.15, -0.1) is 0 Å². The summed E-state index contributed by atoms with van der Waals surface area (Å²) in [4.78, 5) is 4.03. The zero-order valence-electron chi connectivity index (χ0n) is 10.5. The molecule has 1 aromatic carbocycles. The number of halogens is 1. The van der Waals surface area contributed by atoms with E-state index in [1.807, 2.05) is 0 Å². The maximum Gasteiger partial charge on any atom is 0.244 e. The summed E-state index contributed by atoms with van der Waals surface area (Å²) in [5.41, 5.74) is 6.17. The number of benzene rings is 1. The number of methoxy groups -OCH3 is 2. The molecule has 0 unspecified atom stereocenters. The molecule has 1 heterocycles. The number of nitrogens with zero attached hydrogens (tertiary/aromatic N) is 1. The molecule has 0 aliphatic carbocycles. The van der Waals surface area contributed by atoms with Gasteiger partial charge in [0.25, 0.3) is 0 Å². The van der Waals surface area contributed by atoms with Gasteiger partial charge in [-0.05, 0) is 24.3 Å². The van der Waals surface area contributed by atoms with Crippen LogP contribution in [0.3, 0.4) is 0 Å². The fourth-order valence-electron chi connectivity index (χ4n) is 1.52. The molecule has 0 spiro atoms. The third kappa shape index (κ3) is 2.82. The van der Waals surface area contributed by atoms with Gasteiger partial charge in [0.05, 0.1) is 19.9 Å². The highest BCUT2D eigenvalue weighted by atomic mass is 35.5. The SMILES string of the molecule is COc1cccc(OC)c1Oc1nc(Cl)ccc1N. The molecule has 0 saturated carbocycles. The van der Waals surface area contributed by atoms with Gasteiger partial charge in [0.1, 0.15) is 5.15 Å². The van der Waals surface area contributed by atoms with E-state index in [1.165, 1.54) is 14.2 Å². The van der Waals surface area contributed by atoms with Crippen LogP contribution in [0.25, 0.3) is 0 Å². The summed E-state index contributed by atoms with van der Waals surface area (Å²) in [6.07, 6.45) is 0. The van der Waals surface area contributed by atoms with Crippen molar-refractivity contribution in [1.82, 2.24) is 4.98 Å². The van der Waals surface area contributed by atoms with Crippen LogP contribution in [0.5, 0.6) is 23.1 Å². The molecule has 100 valence electrons. The predicted octanol–water partition coefficient (Wildman–Crippen LogP) is 3.13. The summed E-state index contributed by atoms with van der Waals surface area (Å²) in [7, 11) is 3.08. The molecule has 0 amide bonds. The first kappa shape index (κ1) is 13.3. The lowest BCUT2D eigenvalue weighted by Gasteiger charge is -2.14. The number of ether oxygens (including phenoxy) is 3. The van der Waals surface area contributed by atoms with E-state index >= 15 is 0 Å². The van der Waals surface area contributed by atoms with E-state index in [0.29, 0.717) is 22.9 Å². The van der Waals surface area contributed by atoms with Crippen LogP contribution in [0.15, 0.2) is 30.3 Å². The molecule has 0 fully saturated rings. The lowest BCUT2D eigenvalue weighted by molar-refractivity contribution is 0.342. The van der Waals surface area contributed by atoms with Crippen molar-refractivity contribution in [2.45, 2.75) is 0 Å². The summed E-state index contributed by atoms with van der Waals surface area (Å²) < 4.78 is 16.1. The molecule has 0 aliphatic heterocycles. The topological polar surface area (TPSA) is 66.6 Å². The van der Waals surface area contributed by atoms with Crippen molar-refractivity contribution in [3.63, 3.8) is 0 Å². The van der Waals surface area contributed by atoms with Gasteiger partial charge >= 0.3 is 0 Å². The minimum atomic E-state index is 0.204. The first-order valence-electron chi connectivity index (χ1n) is 5.46. The van der Waals surface area contributed by atoms with E-state index < -0.39 is 0 Å². The van der Waals surface area contributed by atoms with Gasteiger partial charge in [-0.1, -0.05) is 17.7 Å². The van der Waals surface area contributed by atoms with E-state index in [1.54, 1.807) is 30.3 Å². The van der Waals surface area contributed by atoms with Crippen molar-refractivity contribution in [3.05, 3.63) is 35.5 Å². The Hall–Kier alpha value is -2.14. The Bertz CT molecular complexity index is 568. The Kier molecular flexibility index (Phi) is 3.97. The molecule has 0 bridgehead atoms. The second kappa shape index (κ2) is 5.67. The molecular formula is C13H13ClN2O3. The Morgan fingerprint density at radius 1 is 1.05 bits per heavy atom. The minimum Gasteiger partial charge on any atom is -0.493 e. The highest BCUT2D eigenvalue weighted by molar-refractivity contribution is 6.29. The van der Waals surface area contributed by atoms with Crippen molar-refractivity contribution in [1.29, 1.82) is 0 Å². The van der Waals surface area contributed by atoms with Gasteiger partial charge in [0, 0.05) is 0 Å². The van der Waals surface area contributed by atoms with E-state index in [0.717, 1.165) is 0 Å². The van der Waals surface area contributed by atoms with E-state index in [-0.39, 0.29) is 11.0 Å². The quantitative estimate of drug-likeness (QED) is 0.872. The number of anilines is 1. The van der Waals surface area contributed by atoms with Crippen molar-refractivity contribution < 1.29 is 14.2 Å². The van der Waals surface area contributed by atoms with Gasteiger partial charge in [0.15, 0.2) is 11.5 Å². The molecule has 2 aromatic rings. The Balaban J connectivity index is 2.45. The summed E-state index contributed by atoms with van der Waals surface area (Å²) >= 11 is 5.82. The standard InChI is InChI=1S/C13H13ClN2O3/c1-17-9-4-3-5-10(18-2)12(9)19-13-8(15)6-7-11(14)16-13/h3-7H,15H2,1-2H3. The second-order valence-electron chi connectivity index (χ2n) is 3.62. The van der Waals surface area contributed by atoms with Crippen LogP contribution in [0.1, 0.15) is 0 Å². The highest BCUT2D eigenvalue weighted by Crippen LogP contribution is 2.40. The van der Waals surface area contributed by atoms with Crippen molar-refractivity contribution in [2.24, 2.45) is 0 Å². The molecule has 5 nitrogen and oxygen atoms in total. The number of nitrogen functional groups attached to an aromatic ring is 1. The maximum absolute atomic E-state index is 5.82. The van der Waals surface area contributed by atoms with Crippen LogP contribution in [-0.2, 0) is 0 Å². The number of para-hydroxylation sites is 1. The third-order valence-electron chi connectivity index (χ3n) is 2.44. The summed E-state index contributed by atoms with van der Waals surface area (Å²) in [5, 5.41) is 0.290. The van der Waals surface area contributed by atoms with Crippen molar-refractivity contribution in [3.8, 4) is 23.1 Å². The van der Waals surface area contributed by atoms with Gasteiger partial charge in [0.2, 0.25) is 11.6 Å². The summed E-state index contributed by atoms with van der Waals surface area (Å²) in [6.45, 7) is 0. The fourth-order valence-corrected chi connectivity index (χ4v) is 1.66. The Morgan fingerprint density at radius 3 is 2.26 bits per heavy atom. The number of rotatable bonds is 4. The lowest BCUT2D eigenvalue weighted by Crippen LogP contribution is -1.98. The van der Waals surface area contributed by atoms with Gasteiger partial charge in [-0.25, -0.2) is 0 Å². The lowest BCUT2D eigenvalue weighted by atomic mass is 10.3. The largest absolute Gasteiger partial charge is 0.493 e. The molecule has 6 heteroatoms. The molecule has 2 N–H and O–H groups in total. The summed E-state index contributed by atoms with van der Waals surface area (Å²) in [6, 6.07) is 8.49. The minimum absolute atomic E-state index is 0.204. The molecule has 2 rings (SSSR count). The van der Waals surface area contributed by atoms with Crippen LogP contribution < -0.4 is 19.9 Å². The Morgan fingerprint density at radius 2 is 1.68 bits per heavy atom. The molecule has 0 radical (unpaired) electrons. The second-order valence-corrected chi connectivity index (χ2v) is 4.01. The van der Waals surface area contributed by atoms with Crippen LogP contribution in [0.4, 0.5) is 5.69 Å². The van der Waals surface area contributed by atoms with E-state index in [9.17, 15) is 0 Å². The van der Waals surface area contributed by atoms with Crippen molar-refractivity contribution >= 4 is 17.3 Å². The number of pyridine rings is 1. The summed E-state index contributed by atoms with van der Waals surface area (Å²) in [5.74, 6) is 1.63. The smallest absolute Gasteiger partial charge is 0.244 e. The molecule has 0 saturated heterocycles. The van der Waals surface area contributed by atoms with Crippen LogP contribution in [-0.4, -0.2) is 19.2 Å². The van der Waals surface area contributed by atoms with Crippen LogP contribution in [0.2, 0.25) is 5.15 Å².